The largest absolute Gasteiger partial charge is 0.478 e. The van der Waals surface area contributed by atoms with E-state index in [1.807, 2.05) is 0 Å². The number of carboxylic acids is 1. The van der Waals surface area contributed by atoms with Crippen molar-refractivity contribution in [1.29, 1.82) is 0 Å². The molecule has 1 saturated carbocycles. The fourth-order valence-electron chi connectivity index (χ4n) is 2.42. The lowest BCUT2D eigenvalue weighted by molar-refractivity contribution is 0.0697. The fourth-order valence-corrected chi connectivity index (χ4v) is 2.42. The average molecular weight is 231 g/mol. The molecule has 5 nitrogen and oxygen atoms in total. The molecule has 2 aromatic rings. The maximum Gasteiger partial charge on any atom is 0.337 e. The predicted octanol–water partition coefficient (Wildman–Crippen LogP) is 2.03. The number of aromatic carboxylic acids is 1. The number of para-hydroxylation sites is 1. The van der Waals surface area contributed by atoms with Crippen LogP contribution in [0, 0.1) is 0 Å². The second-order valence-electron chi connectivity index (χ2n) is 4.83. The van der Waals surface area contributed by atoms with Gasteiger partial charge in [0.05, 0.1) is 11.1 Å². The maximum atomic E-state index is 11.2. The van der Waals surface area contributed by atoms with Crippen LogP contribution in [-0.4, -0.2) is 26.1 Å². The Labute approximate surface area is 98.0 Å². The van der Waals surface area contributed by atoms with E-state index in [1.54, 1.807) is 22.9 Å². The lowest BCUT2D eigenvalue weighted by Crippen LogP contribution is -2.38. The average Bonchev–Trinajstić information content (AvgIpc) is 2.69. The second-order valence-corrected chi connectivity index (χ2v) is 4.83. The summed E-state index contributed by atoms with van der Waals surface area (Å²) >= 11 is 0. The van der Waals surface area contributed by atoms with E-state index in [1.165, 1.54) is 0 Å². The van der Waals surface area contributed by atoms with Gasteiger partial charge in [0.15, 0.2) is 0 Å². The number of hydrogen-bond donors (Lipinski definition) is 1. The van der Waals surface area contributed by atoms with Crippen LogP contribution >= 0.6 is 0 Å². The van der Waals surface area contributed by atoms with Crippen molar-refractivity contribution in [3.63, 3.8) is 0 Å². The molecule has 1 N–H and O–H groups in total. The standard InChI is InChI=1S/C12H13N3O2/c1-12(6-3-7-12)15-10-8(11(16)17)4-2-5-9(10)13-14-15/h2,4-5H,3,6-7H2,1H3,(H,16,17). The quantitative estimate of drug-likeness (QED) is 0.858. The highest BCUT2D eigenvalue weighted by atomic mass is 16.4. The summed E-state index contributed by atoms with van der Waals surface area (Å²) in [6.45, 7) is 2.10. The number of benzene rings is 1. The molecule has 0 radical (unpaired) electrons. The third-order valence-electron chi connectivity index (χ3n) is 3.64. The highest BCUT2D eigenvalue weighted by Gasteiger charge is 2.36. The summed E-state index contributed by atoms with van der Waals surface area (Å²) in [5.74, 6) is -0.929. The van der Waals surface area contributed by atoms with Crippen molar-refractivity contribution >= 4 is 17.0 Å². The zero-order valence-corrected chi connectivity index (χ0v) is 9.55. The molecule has 0 spiro atoms. The zero-order chi connectivity index (χ0) is 12.0. The van der Waals surface area contributed by atoms with Crippen LogP contribution in [0.5, 0.6) is 0 Å². The highest BCUT2D eigenvalue weighted by Crippen LogP contribution is 2.40. The van der Waals surface area contributed by atoms with Crippen molar-refractivity contribution in [2.45, 2.75) is 31.7 Å². The number of carboxylic acid groups (broad SMARTS) is 1. The Kier molecular flexibility index (Phi) is 1.98. The molecule has 1 aliphatic carbocycles. The van der Waals surface area contributed by atoms with Crippen LogP contribution in [0.25, 0.3) is 11.0 Å². The SMILES string of the molecule is CC1(n2nnc3cccc(C(=O)O)c32)CCC1. The van der Waals surface area contributed by atoms with E-state index in [4.69, 9.17) is 0 Å². The van der Waals surface area contributed by atoms with Crippen molar-refractivity contribution in [1.82, 2.24) is 15.0 Å². The van der Waals surface area contributed by atoms with Gasteiger partial charge in [-0.3, -0.25) is 0 Å². The molecular formula is C12H13N3O2. The molecule has 1 aliphatic rings. The Hall–Kier alpha value is -1.91. The molecule has 1 aromatic carbocycles. The molecule has 88 valence electrons. The minimum atomic E-state index is -0.929. The van der Waals surface area contributed by atoms with E-state index in [0.29, 0.717) is 11.0 Å². The normalized spacial score (nSPS) is 17.9. The number of rotatable bonds is 2. The number of fused-ring (bicyclic) bond motifs is 1. The molecule has 0 amide bonds. The van der Waals surface area contributed by atoms with E-state index in [9.17, 15) is 9.90 Å². The third kappa shape index (κ3) is 1.35. The number of nitrogens with zero attached hydrogens (tertiary/aromatic N) is 3. The molecule has 1 heterocycles. The Morgan fingerprint density at radius 2 is 2.24 bits per heavy atom. The van der Waals surface area contributed by atoms with E-state index in [0.717, 1.165) is 19.3 Å². The maximum absolute atomic E-state index is 11.2. The molecule has 1 fully saturated rings. The molecule has 17 heavy (non-hydrogen) atoms. The van der Waals surface area contributed by atoms with Gasteiger partial charge in [0.25, 0.3) is 0 Å². The first-order valence-electron chi connectivity index (χ1n) is 5.70. The van der Waals surface area contributed by atoms with Gasteiger partial charge in [0.2, 0.25) is 0 Å². The molecule has 3 rings (SSSR count). The fraction of sp³-hybridized carbons (Fsp3) is 0.417. The van der Waals surface area contributed by atoms with E-state index in [2.05, 4.69) is 17.2 Å². The summed E-state index contributed by atoms with van der Waals surface area (Å²) in [5, 5.41) is 17.4. The molecule has 1 aromatic heterocycles. The third-order valence-corrected chi connectivity index (χ3v) is 3.64. The van der Waals surface area contributed by atoms with Gasteiger partial charge >= 0.3 is 5.97 Å². The Balaban J connectivity index is 2.29. The Bertz CT molecular complexity index is 599. The van der Waals surface area contributed by atoms with Gasteiger partial charge in [-0.1, -0.05) is 11.3 Å². The van der Waals surface area contributed by atoms with Gasteiger partial charge < -0.3 is 5.11 Å². The van der Waals surface area contributed by atoms with E-state index < -0.39 is 5.97 Å². The van der Waals surface area contributed by atoms with E-state index >= 15 is 0 Å². The molecule has 0 bridgehead atoms. The molecule has 5 heteroatoms. The number of carbonyl (C=O) groups is 1. The van der Waals surface area contributed by atoms with Gasteiger partial charge in [-0.15, -0.1) is 5.10 Å². The predicted molar refractivity (Wildman–Crippen MR) is 62.0 cm³/mol. The summed E-state index contributed by atoms with van der Waals surface area (Å²) in [6, 6.07) is 5.10. The van der Waals surface area contributed by atoms with Crippen molar-refractivity contribution in [2.24, 2.45) is 0 Å². The summed E-state index contributed by atoms with van der Waals surface area (Å²) in [7, 11) is 0. The van der Waals surface area contributed by atoms with Gasteiger partial charge in [-0.2, -0.15) is 0 Å². The lowest BCUT2D eigenvalue weighted by atomic mass is 9.78. The topological polar surface area (TPSA) is 68.0 Å². The van der Waals surface area contributed by atoms with Gasteiger partial charge in [-0.25, -0.2) is 9.48 Å². The summed E-state index contributed by atoms with van der Waals surface area (Å²) in [6.07, 6.45) is 3.21. The van der Waals surface area contributed by atoms with Crippen molar-refractivity contribution < 1.29 is 9.90 Å². The molecule has 0 saturated heterocycles. The Morgan fingerprint density at radius 1 is 1.47 bits per heavy atom. The first-order valence-corrected chi connectivity index (χ1v) is 5.70. The van der Waals surface area contributed by atoms with Crippen molar-refractivity contribution in [3.8, 4) is 0 Å². The van der Waals surface area contributed by atoms with Crippen LogP contribution in [0.1, 0.15) is 36.5 Å². The highest BCUT2D eigenvalue weighted by molar-refractivity contribution is 6.00. The zero-order valence-electron chi connectivity index (χ0n) is 9.55. The van der Waals surface area contributed by atoms with Gasteiger partial charge in [-0.05, 0) is 38.3 Å². The summed E-state index contributed by atoms with van der Waals surface area (Å²) in [5.41, 5.74) is 1.50. The summed E-state index contributed by atoms with van der Waals surface area (Å²) < 4.78 is 1.79. The molecular weight excluding hydrogens is 218 g/mol. The number of aromatic nitrogens is 3. The monoisotopic (exact) mass is 231 g/mol. The first-order chi connectivity index (χ1) is 8.12. The van der Waals surface area contributed by atoms with Crippen molar-refractivity contribution in [3.05, 3.63) is 23.8 Å². The summed E-state index contributed by atoms with van der Waals surface area (Å²) in [4.78, 5) is 11.2. The minimum absolute atomic E-state index is 0.0691. The van der Waals surface area contributed by atoms with Crippen LogP contribution in [0.4, 0.5) is 0 Å². The molecule has 0 atom stereocenters. The first kappa shape index (κ1) is 10.3. The van der Waals surface area contributed by atoms with Crippen LogP contribution < -0.4 is 0 Å². The second kappa shape index (κ2) is 3.29. The lowest BCUT2D eigenvalue weighted by Gasteiger charge is -2.38. The van der Waals surface area contributed by atoms with Gasteiger partial charge in [0.1, 0.15) is 11.0 Å². The minimum Gasteiger partial charge on any atom is -0.478 e. The number of hydrogen-bond acceptors (Lipinski definition) is 3. The van der Waals surface area contributed by atoms with Crippen molar-refractivity contribution in [2.75, 3.05) is 0 Å². The van der Waals surface area contributed by atoms with Crippen LogP contribution in [0.2, 0.25) is 0 Å². The molecule has 0 unspecified atom stereocenters. The molecule has 0 aliphatic heterocycles. The Morgan fingerprint density at radius 3 is 2.82 bits per heavy atom. The van der Waals surface area contributed by atoms with Crippen LogP contribution in [0.15, 0.2) is 18.2 Å². The van der Waals surface area contributed by atoms with E-state index in [-0.39, 0.29) is 11.1 Å². The van der Waals surface area contributed by atoms with Crippen LogP contribution in [-0.2, 0) is 5.54 Å². The smallest absolute Gasteiger partial charge is 0.337 e. The van der Waals surface area contributed by atoms with Crippen LogP contribution in [0.3, 0.4) is 0 Å². The van der Waals surface area contributed by atoms with Gasteiger partial charge in [0, 0.05) is 0 Å².